The molecule has 3 nitrogen and oxygen atoms in total. The Morgan fingerprint density at radius 2 is 2.22 bits per heavy atom. The molecule has 1 aromatic carbocycles. The molecular formula is C12H15BrFNO2S. The van der Waals surface area contributed by atoms with E-state index in [0.29, 0.717) is 10.9 Å². The van der Waals surface area contributed by atoms with E-state index >= 15 is 0 Å². The van der Waals surface area contributed by atoms with Gasteiger partial charge in [0.1, 0.15) is 5.82 Å². The fourth-order valence-electron chi connectivity index (χ4n) is 2.16. The van der Waals surface area contributed by atoms with Gasteiger partial charge in [0.25, 0.3) is 0 Å². The van der Waals surface area contributed by atoms with Crippen LogP contribution in [0.5, 0.6) is 0 Å². The van der Waals surface area contributed by atoms with Crippen molar-refractivity contribution >= 4 is 25.8 Å². The molecule has 0 amide bonds. The molecule has 18 heavy (non-hydrogen) atoms. The highest BCUT2D eigenvalue weighted by atomic mass is 79.9. The second-order valence-corrected chi connectivity index (χ2v) is 7.74. The topological polar surface area (TPSA) is 46.2 Å². The summed E-state index contributed by atoms with van der Waals surface area (Å²) in [5.41, 5.74) is 0.938. The average molecular weight is 336 g/mol. The molecule has 2 rings (SSSR count). The van der Waals surface area contributed by atoms with Crippen LogP contribution in [0.1, 0.15) is 24.9 Å². The average Bonchev–Trinajstić information content (AvgIpc) is 2.62. The smallest absolute Gasteiger partial charge is 0.151 e. The van der Waals surface area contributed by atoms with Crippen LogP contribution >= 0.6 is 15.9 Å². The largest absolute Gasteiger partial charge is 0.306 e. The lowest BCUT2D eigenvalue weighted by molar-refractivity contribution is 0.484. The van der Waals surface area contributed by atoms with Crippen molar-refractivity contribution < 1.29 is 12.8 Å². The first-order valence-electron chi connectivity index (χ1n) is 5.79. The maximum absolute atomic E-state index is 13.1. The van der Waals surface area contributed by atoms with E-state index in [9.17, 15) is 12.8 Å². The van der Waals surface area contributed by atoms with Crippen LogP contribution in [0, 0.1) is 5.82 Å². The SMILES string of the molecule is CC(NC1CCS(=O)(=O)C1)c1ccc(F)c(Br)c1. The van der Waals surface area contributed by atoms with Gasteiger partial charge in [-0.15, -0.1) is 0 Å². The van der Waals surface area contributed by atoms with Crippen molar-refractivity contribution in [3.63, 3.8) is 0 Å². The minimum atomic E-state index is -2.87. The van der Waals surface area contributed by atoms with Crippen molar-refractivity contribution in [2.24, 2.45) is 0 Å². The Kier molecular flexibility index (Phi) is 4.08. The molecule has 1 N–H and O–H groups in total. The van der Waals surface area contributed by atoms with Crippen molar-refractivity contribution in [3.05, 3.63) is 34.1 Å². The third kappa shape index (κ3) is 3.30. The van der Waals surface area contributed by atoms with Crippen molar-refractivity contribution in [2.45, 2.75) is 25.4 Å². The van der Waals surface area contributed by atoms with Crippen molar-refractivity contribution in [3.8, 4) is 0 Å². The first-order valence-corrected chi connectivity index (χ1v) is 8.40. The number of hydrogen-bond acceptors (Lipinski definition) is 3. The Bertz CT molecular complexity index is 547. The monoisotopic (exact) mass is 335 g/mol. The van der Waals surface area contributed by atoms with Crippen LogP contribution in [0.15, 0.2) is 22.7 Å². The number of hydrogen-bond donors (Lipinski definition) is 1. The summed E-state index contributed by atoms with van der Waals surface area (Å²) < 4.78 is 36.3. The van der Waals surface area contributed by atoms with Gasteiger partial charge in [-0.2, -0.15) is 0 Å². The predicted molar refractivity (Wildman–Crippen MR) is 72.7 cm³/mol. The molecule has 2 atom stereocenters. The fourth-order valence-corrected chi connectivity index (χ4v) is 4.24. The predicted octanol–water partition coefficient (Wildman–Crippen LogP) is 2.43. The summed E-state index contributed by atoms with van der Waals surface area (Å²) in [6.45, 7) is 1.95. The maximum atomic E-state index is 13.1. The number of benzene rings is 1. The molecule has 6 heteroatoms. The first-order chi connectivity index (χ1) is 8.37. The highest BCUT2D eigenvalue weighted by Gasteiger charge is 2.28. The summed E-state index contributed by atoms with van der Waals surface area (Å²) in [4.78, 5) is 0. The van der Waals surface area contributed by atoms with E-state index in [1.807, 2.05) is 6.92 Å². The molecule has 0 aliphatic carbocycles. The van der Waals surface area contributed by atoms with Gasteiger partial charge in [-0.3, -0.25) is 0 Å². The van der Waals surface area contributed by atoms with Crippen LogP contribution < -0.4 is 5.32 Å². The van der Waals surface area contributed by atoms with Gasteiger partial charge >= 0.3 is 0 Å². The molecule has 1 heterocycles. The zero-order valence-corrected chi connectivity index (χ0v) is 12.4. The second kappa shape index (κ2) is 5.27. The Morgan fingerprint density at radius 3 is 2.78 bits per heavy atom. The zero-order chi connectivity index (χ0) is 13.3. The first kappa shape index (κ1) is 14.0. The number of sulfone groups is 1. The third-order valence-corrected chi connectivity index (χ3v) is 5.54. The van der Waals surface area contributed by atoms with Gasteiger partial charge in [0.15, 0.2) is 9.84 Å². The van der Waals surface area contributed by atoms with Crippen LogP contribution in [0.3, 0.4) is 0 Å². The molecule has 1 aliphatic rings. The number of nitrogens with one attached hydrogen (secondary N) is 1. The minimum absolute atomic E-state index is 0.000185. The lowest BCUT2D eigenvalue weighted by Crippen LogP contribution is -2.32. The van der Waals surface area contributed by atoms with Gasteiger partial charge in [0, 0.05) is 12.1 Å². The van der Waals surface area contributed by atoms with Gasteiger partial charge in [0.05, 0.1) is 16.0 Å². The highest BCUT2D eigenvalue weighted by Crippen LogP contribution is 2.23. The van der Waals surface area contributed by atoms with E-state index in [4.69, 9.17) is 0 Å². The summed E-state index contributed by atoms with van der Waals surface area (Å²) in [5.74, 6) is 0.152. The van der Waals surface area contributed by atoms with Crippen LogP contribution in [-0.4, -0.2) is 26.0 Å². The molecular weight excluding hydrogens is 321 g/mol. The lowest BCUT2D eigenvalue weighted by atomic mass is 10.1. The maximum Gasteiger partial charge on any atom is 0.151 e. The van der Waals surface area contributed by atoms with Crippen molar-refractivity contribution in [1.82, 2.24) is 5.32 Å². The van der Waals surface area contributed by atoms with Gasteiger partial charge in [-0.25, -0.2) is 12.8 Å². The summed E-state index contributed by atoms with van der Waals surface area (Å²) in [6.07, 6.45) is 0.648. The Balaban J connectivity index is 2.04. The van der Waals surface area contributed by atoms with E-state index < -0.39 is 9.84 Å². The molecule has 1 aliphatic heterocycles. The molecule has 1 saturated heterocycles. The third-order valence-electron chi connectivity index (χ3n) is 3.16. The van der Waals surface area contributed by atoms with E-state index in [-0.39, 0.29) is 29.4 Å². The molecule has 1 aromatic rings. The summed E-state index contributed by atoms with van der Waals surface area (Å²) in [6, 6.07) is 4.83. The zero-order valence-electron chi connectivity index (χ0n) is 9.99. The van der Waals surface area contributed by atoms with E-state index in [1.54, 1.807) is 12.1 Å². The summed E-state index contributed by atoms with van der Waals surface area (Å²) >= 11 is 3.15. The molecule has 1 fully saturated rings. The highest BCUT2D eigenvalue weighted by molar-refractivity contribution is 9.10. The fraction of sp³-hybridized carbons (Fsp3) is 0.500. The molecule has 2 unspecified atom stereocenters. The van der Waals surface area contributed by atoms with Gasteiger partial charge < -0.3 is 5.32 Å². The van der Waals surface area contributed by atoms with Gasteiger partial charge in [0.2, 0.25) is 0 Å². The van der Waals surface area contributed by atoms with Crippen LogP contribution in [0.25, 0.3) is 0 Å². The molecule has 0 spiro atoms. The summed E-state index contributed by atoms with van der Waals surface area (Å²) in [7, 11) is -2.87. The van der Waals surface area contributed by atoms with Gasteiger partial charge in [-0.1, -0.05) is 6.07 Å². The van der Waals surface area contributed by atoms with E-state index in [0.717, 1.165) is 5.56 Å². The second-order valence-electron chi connectivity index (χ2n) is 4.66. The Labute approximate surface area is 115 Å². The number of rotatable bonds is 3. The Hall–Kier alpha value is -0.460. The minimum Gasteiger partial charge on any atom is -0.306 e. The van der Waals surface area contributed by atoms with Crippen molar-refractivity contribution in [2.75, 3.05) is 11.5 Å². The quantitative estimate of drug-likeness (QED) is 0.922. The standard InChI is InChI=1S/C12H15BrFNO2S/c1-8(9-2-3-12(14)11(13)6-9)15-10-4-5-18(16,17)7-10/h2-3,6,8,10,15H,4-5,7H2,1H3. The lowest BCUT2D eigenvalue weighted by Gasteiger charge is -2.19. The normalized spacial score (nSPS) is 24.1. The summed E-state index contributed by atoms with van der Waals surface area (Å²) in [5, 5.41) is 3.27. The van der Waals surface area contributed by atoms with Gasteiger partial charge in [-0.05, 0) is 47.0 Å². The van der Waals surface area contributed by atoms with Crippen LogP contribution in [-0.2, 0) is 9.84 Å². The number of halogens is 2. The van der Waals surface area contributed by atoms with E-state index in [1.165, 1.54) is 6.07 Å². The molecule has 0 bridgehead atoms. The van der Waals surface area contributed by atoms with Crippen molar-refractivity contribution in [1.29, 1.82) is 0 Å². The molecule has 100 valence electrons. The van der Waals surface area contributed by atoms with E-state index in [2.05, 4.69) is 21.2 Å². The van der Waals surface area contributed by atoms with Crippen LogP contribution in [0.2, 0.25) is 0 Å². The Morgan fingerprint density at radius 1 is 1.50 bits per heavy atom. The van der Waals surface area contributed by atoms with Crippen LogP contribution in [0.4, 0.5) is 4.39 Å². The molecule has 0 saturated carbocycles. The molecule has 0 aromatic heterocycles. The molecule has 0 radical (unpaired) electrons.